The number of hydrogen-bond donors (Lipinski definition) is 0. The van der Waals surface area contributed by atoms with Crippen LogP contribution >= 0.6 is 0 Å². The molecule has 9 aromatic rings. The number of para-hydroxylation sites is 4. The molecule has 0 fully saturated rings. The molecule has 0 radical (unpaired) electrons. The van der Waals surface area contributed by atoms with Crippen LogP contribution in [0.15, 0.2) is 144 Å². The Balaban J connectivity index is 1.06. The summed E-state index contributed by atoms with van der Waals surface area (Å²) in [4.78, 5) is 12.1. The van der Waals surface area contributed by atoms with Gasteiger partial charge in [0.2, 0.25) is 5.88 Å². The first-order valence-corrected chi connectivity index (χ1v) is 20.4. The van der Waals surface area contributed by atoms with E-state index >= 15 is 0 Å². The molecule has 292 valence electrons. The standard InChI is InChI=1S/C52H46N4O3/c1-31(2)37-17-13-18-38(32(3)4)48(37)56-43-20-10-11-21-45(43)58-50-41-26-27-53-47(49(41)59-51(50)56)33-14-12-15-35(28-33)57-36-23-24-40-39-16-8-9-19-42(39)55(44(40)29-36)46-25-22-34(30-54-46)52(5,6)7/h8-32H,1-7H3. The van der Waals surface area contributed by atoms with E-state index in [0.717, 1.165) is 61.4 Å². The summed E-state index contributed by atoms with van der Waals surface area (Å²) >= 11 is 0. The largest absolute Gasteiger partial charge is 0.457 e. The van der Waals surface area contributed by atoms with Crippen LogP contribution in [-0.2, 0) is 5.41 Å². The van der Waals surface area contributed by atoms with Crippen molar-refractivity contribution in [1.82, 2.24) is 14.5 Å². The minimum Gasteiger partial charge on any atom is -0.457 e. The molecule has 0 spiro atoms. The maximum absolute atomic E-state index is 6.97. The smallest absolute Gasteiger partial charge is 0.249 e. The number of aromatic nitrogens is 3. The molecule has 1 aliphatic rings. The number of furan rings is 1. The van der Waals surface area contributed by atoms with Crippen molar-refractivity contribution in [1.29, 1.82) is 0 Å². The van der Waals surface area contributed by atoms with E-state index < -0.39 is 0 Å². The number of fused-ring (bicyclic) bond motifs is 7. The summed E-state index contributed by atoms with van der Waals surface area (Å²) in [7, 11) is 0. The fourth-order valence-electron chi connectivity index (χ4n) is 8.45. The van der Waals surface area contributed by atoms with Gasteiger partial charge < -0.3 is 13.9 Å². The van der Waals surface area contributed by atoms with E-state index in [4.69, 9.17) is 23.9 Å². The fraction of sp³-hybridized carbons (Fsp3) is 0.192. The molecule has 0 saturated heterocycles. The second-order valence-corrected chi connectivity index (χ2v) is 17.1. The molecule has 0 unspecified atom stereocenters. The van der Waals surface area contributed by atoms with Crippen molar-refractivity contribution in [2.24, 2.45) is 0 Å². The molecule has 0 N–H and O–H groups in total. The molecule has 10 rings (SSSR count). The summed E-state index contributed by atoms with van der Waals surface area (Å²) in [5, 5.41) is 3.15. The lowest BCUT2D eigenvalue weighted by molar-refractivity contribution is 0.463. The molecule has 0 atom stereocenters. The average molecular weight is 775 g/mol. The fourth-order valence-corrected chi connectivity index (χ4v) is 8.45. The predicted octanol–water partition coefficient (Wildman–Crippen LogP) is 14.9. The van der Waals surface area contributed by atoms with Crippen LogP contribution in [0, 0.1) is 0 Å². The Hall–Kier alpha value is -6.86. The van der Waals surface area contributed by atoms with Crippen LogP contribution in [0.5, 0.6) is 23.0 Å². The van der Waals surface area contributed by atoms with Crippen molar-refractivity contribution in [3.63, 3.8) is 0 Å². The normalized spacial score (nSPS) is 12.7. The van der Waals surface area contributed by atoms with Crippen molar-refractivity contribution in [2.45, 2.75) is 65.7 Å². The van der Waals surface area contributed by atoms with Crippen LogP contribution in [-0.4, -0.2) is 14.5 Å². The van der Waals surface area contributed by atoms with Gasteiger partial charge in [-0.05, 0) is 88.5 Å². The summed E-state index contributed by atoms with van der Waals surface area (Å²) in [5.41, 5.74) is 10.1. The Kier molecular flexibility index (Phi) is 8.60. The molecule has 7 nitrogen and oxygen atoms in total. The molecule has 5 aromatic carbocycles. The summed E-state index contributed by atoms with van der Waals surface area (Å²) in [6.07, 6.45) is 3.81. The van der Waals surface area contributed by atoms with Crippen molar-refractivity contribution < 1.29 is 13.9 Å². The van der Waals surface area contributed by atoms with Crippen LogP contribution in [0.1, 0.15) is 77.0 Å². The van der Waals surface area contributed by atoms with E-state index in [1.807, 2.05) is 67.0 Å². The van der Waals surface area contributed by atoms with Gasteiger partial charge in [0.25, 0.3) is 0 Å². The molecule has 59 heavy (non-hydrogen) atoms. The van der Waals surface area contributed by atoms with Crippen molar-refractivity contribution >= 4 is 50.0 Å². The van der Waals surface area contributed by atoms with Crippen LogP contribution in [0.4, 0.5) is 17.3 Å². The van der Waals surface area contributed by atoms with Crippen LogP contribution in [0.25, 0.3) is 49.9 Å². The van der Waals surface area contributed by atoms with Crippen LogP contribution in [0.3, 0.4) is 0 Å². The topological polar surface area (TPSA) is 65.6 Å². The van der Waals surface area contributed by atoms with Crippen molar-refractivity contribution in [2.75, 3.05) is 4.90 Å². The highest BCUT2D eigenvalue weighted by atomic mass is 16.5. The average Bonchev–Trinajstić information content (AvgIpc) is 3.77. The van der Waals surface area contributed by atoms with E-state index in [0.29, 0.717) is 28.7 Å². The van der Waals surface area contributed by atoms with Gasteiger partial charge >= 0.3 is 0 Å². The third-order valence-corrected chi connectivity index (χ3v) is 11.5. The molecule has 1 aliphatic heterocycles. The Morgan fingerprint density at radius 1 is 0.644 bits per heavy atom. The van der Waals surface area contributed by atoms with E-state index in [1.165, 1.54) is 16.7 Å². The van der Waals surface area contributed by atoms with Crippen molar-refractivity contribution in [3.05, 3.63) is 156 Å². The van der Waals surface area contributed by atoms with Gasteiger partial charge in [-0.25, -0.2) is 4.98 Å². The molecule has 4 aromatic heterocycles. The van der Waals surface area contributed by atoms with Gasteiger partial charge in [-0.1, -0.05) is 115 Å². The van der Waals surface area contributed by atoms with Gasteiger partial charge in [0.15, 0.2) is 17.1 Å². The van der Waals surface area contributed by atoms with Gasteiger partial charge in [0.05, 0.1) is 27.8 Å². The maximum Gasteiger partial charge on any atom is 0.249 e. The monoisotopic (exact) mass is 774 g/mol. The number of anilines is 3. The number of benzene rings is 5. The van der Waals surface area contributed by atoms with Crippen LogP contribution in [0.2, 0.25) is 0 Å². The van der Waals surface area contributed by atoms with E-state index in [9.17, 15) is 0 Å². The second kappa shape index (κ2) is 13.9. The van der Waals surface area contributed by atoms with E-state index in [2.05, 4.69) is 131 Å². The zero-order valence-corrected chi connectivity index (χ0v) is 34.4. The molecular formula is C52H46N4O3. The third kappa shape index (κ3) is 6.11. The number of nitrogens with zero attached hydrogens (tertiary/aromatic N) is 4. The minimum atomic E-state index is 0.0104. The van der Waals surface area contributed by atoms with E-state index in [-0.39, 0.29) is 17.3 Å². The highest BCUT2D eigenvalue weighted by Gasteiger charge is 2.35. The minimum absolute atomic E-state index is 0.0104. The highest BCUT2D eigenvalue weighted by Crippen LogP contribution is 2.57. The third-order valence-electron chi connectivity index (χ3n) is 11.5. The summed E-state index contributed by atoms with van der Waals surface area (Å²) in [5.74, 6) is 4.93. The van der Waals surface area contributed by atoms with Gasteiger partial charge in [0.1, 0.15) is 23.0 Å². The van der Waals surface area contributed by atoms with Gasteiger partial charge in [-0.15, -0.1) is 0 Å². The molecule has 5 heterocycles. The first-order chi connectivity index (χ1) is 28.5. The SMILES string of the molecule is CC(C)c1cccc(C(C)C)c1N1c2ccccc2Oc2c1oc1c(-c3cccc(Oc4ccc5c6ccccc6n(-c6ccc(C(C)(C)C)cn6)c5c4)c3)nccc21. The zero-order chi connectivity index (χ0) is 40.6. The van der Waals surface area contributed by atoms with Gasteiger partial charge in [0, 0.05) is 34.8 Å². The van der Waals surface area contributed by atoms with Gasteiger partial charge in [-0.2, -0.15) is 0 Å². The Bertz CT molecular complexity index is 3030. The lowest BCUT2D eigenvalue weighted by Crippen LogP contribution is -2.18. The number of pyridine rings is 2. The number of hydrogen-bond acceptors (Lipinski definition) is 6. The molecule has 0 amide bonds. The predicted molar refractivity (Wildman–Crippen MR) is 240 cm³/mol. The first kappa shape index (κ1) is 36.5. The summed E-state index contributed by atoms with van der Waals surface area (Å²) in [6, 6.07) is 43.8. The Morgan fingerprint density at radius 2 is 1.37 bits per heavy atom. The molecule has 0 saturated carbocycles. The zero-order valence-electron chi connectivity index (χ0n) is 34.4. The van der Waals surface area contributed by atoms with E-state index in [1.54, 1.807) is 0 Å². The molecule has 7 heteroatoms. The van der Waals surface area contributed by atoms with Crippen LogP contribution < -0.4 is 14.4 Å². The highest BCUT2D eigenvalue weighted by molar-refractivity contribution is 6.09. The Labute approximate surface area is 344 Å². The summed E-state index contributed by atoms with van der Waals surface area (Å²) < 4.78 is 22.6. The Morgan fingerprint density at radius 3 is 2.14 bits per heavy atom. The quantitative estimate of drug-likeness (QED) is 0.161. The molecular weight excluding hydrogens is 729 g/mol. The lowest BCUT2D eigenvalue weighted by atomic mass is 9.88. The number of rotatable bonds is 7. The molecule has 0 bridgehead atoms. The summed E-state index contributed by atoms with van der Waals surface area (Å²) in [6.45, 7) is 15.6. The molecule has 0 aliphatic carbocycles. The van der Waals surface area contributed by atoms with Crippen molar-refractivity contribution in [3.8, 4) is 40.1 Å². The van der Waals surface area contributed by atoms with Gasteiger partial charge in [-0.3, -0.25) is 14.5 Å². The second-order valence-electron chi connectivity index (χ2n) is 17.1. The number of ether oxygens (including phenoxy) is 2. The maximum atomic E-state index is 6.97. The lowest BCUT2D eigenvalue weighted by Gasteiger charge is -2.33. The first-order valence-electron chi connectivity index (χ1n) is 20.4.